The average Bonchev–Trinajstić information content (AvgIpc) is 3.30. The van der Waals surface area contributed by atoms with Gasteiger partial charge in [0, 0.05) is 11.1 Å². The number of nitrogens with zero attached hydrogens (tertiary/aromatic N) is 1. The number of amides is 1. The molecule has 0 saturated carbocycles. The lowest BCUT2D eigenvalue weighted by Crippen LogP contribution is -2.36. The number of methoxy groups -OCH3 is 3. The van der Waals surface area contributed by atoms with Crippen LogP contribution in [-0.2, 0) is 4.79 Å². The quantitative estimate of drug-likeness (QED) is 0.349. The highest BCUT2D eigenvalue weighted by atomic mass is 32.2. The second kappa shape index (κ2) is 12.7. The summed E-state index contributed by atoms with van der Waals surface area (Å²) in [5.74, 6) is 2.87. The molecule has 1 heterocycles. The van der Waals surface area contributed by atoms with E-state index in [1.807, 2.05) is 49.6 Å². The van der Waals surface area contributed by atoms with Gasteiger partial charge in [-0.2, -0.15) is 11.8 Å². The molecule has 3 N–H and O–H groups in total. The van der Waals surface area contributed by atoms with Gasteiger partial charge in [0.2, 0.25) is 11.7 Å². The minimum atomic E-state index is -0.607. The van der Waals surface area contributed by atoms with Crippen LogP contribution in [0.1, 0.15) is 13.3 Å². The van der Waals surface area contributed by atoms with Crippen molar-refractivity contribution in [2.45, 2.75) is 19.4 Å². The van der Waals surface area contributed by atoms with Crippen molar-refractivity contribution in [1.29, 1.82) is 0 Å². The first kappa shape index (κ1) is 26.7. The van der Waals surface area contributed by atoms with E-state index in [9.17, 15) is 4.79 Å². The van der Waals surface area contributed by atoms with E-state index in [2.05, 4.69) is 5.32 Å². The molecule has 1 amide bonds. The topological polar surface area (TPSA) is 105 Å². The van der Waals surface area contributed by atoms with E-state index in [0.29, 0.717) is 41.1 Å². The Labute approximate surface area is 214 Å². The van der Waals surface area contributed by atoms with Gasteiger partial charge in [0.1, 0.15) is 5.75 Å². The number of aromatic nitrogens is 1. The Balaban J connectivity index is 2.07. The van der Waals surface area contributed by atoms with Crippen LogP contribution < -0.4 is 30.0 Å². The number of thiazole rings is 1. The number of carbonyl (C=O) groups excluding carboxylic acids is 1. The summed E-state index contributed by atoms with van der Waals surface area (Å²) in [5, 5.41) is 3.35. The largest absolute Gasteiger partial charge is 0.494 e. The van der Waals surface area contributed by atoms with E-state index in [-0.39, 0.29) is 5.91 Å². The maximum atomic E-state index is 12.7. The molecule has 0 aliphatic carbocycles. The highest BCUT2D eigenvalue weighted by Gasteiger charge is 2.22. The second-order valence-electron chi connectivity index (χ2n) is 7.45. The van der Waals surface area contributed by atoms with Gasteiger partial charge in [0.15, 0.2) is 16.6 Å². The highest BCUT2D eigenvalue weighted by Crippen LogP contribution is 2.46. The molecule has 0 unspecified atom stereocenters. The number of benzene rings is 2. The van der Waals surface area contributed by atoms with Crippen LogP contribution in [0.2, 0.25) is 0 Å². The molecule has 3 aromatic rings. The van der Waals surface area contributed by atoms with Crippen molar-refractivity contribution < 1.29 is 23.7 Å². The molecule has 10 heteroatoms. The van der Waals surface area contributed by atoms with Gasteiger partial charge in [-0.25, -0.2) is 4.98 Å². The van der Waals surface area contributed by atoms with Crippen molar-refractivity contribution in [1.82, 2.24) is 4.98 Å². The van der Waals surface area contributed by atoms with Crippen molar-refractivity contribution in [2.75, 3.05) is 45.3 Å². The highest BCUT2D eigenvalue weighted by molar-refractivity contribution is 7.98. The van der Waals surface area contributed by atoms with Gasteiger partial charge >= 0.3 is 0 Å². The van der Waals surface area contributed by atoms with Gasteiger partial charge in [-0.3, -0.25) is 4.79 Å². The summed E-state index contributed by atoms with van der Waals surface area (Å²) in [6.45, 7) is 2.52. The van der Waals surface area contributed by atoms with Crippen molar-refractivity contribution >= 4 is 34.1 Å². The molecule has 8 nitrogen and oxygen atoms in total. The Hall–Kier alpha value is -2.95. The number of anilines is 1. The van der Waals surface area contributed by atoms with Crippen molar-refractivity contribution in [2.24, 2.45) is 5.73 Å². The smallest absolute Gasteiger partial charge is 0.243 e. The van der Waals surface area contributed by atoms with E-state index in [1.165, 1.54) is 11.3 Å². The van der Waals surface area contributed by atoms with Crippen molar-refractivity contribution in [3.63, 3.8) is 0 Å². The molecule has 0 aliphatic rings. The summed E-state index contributed by atoms with van der Waals surface area (Å²) >= 11 is 3.01. The van der Waals surface area contributed by atoms with Crippen LogP contribution in [0.3, 0.4) is 0 Å². The first-order valence-corrected chi connectivity index (χ1v) is 13.3. The Morgan fingerprint density at radius 3 is 2.29 bits per heavy atom. The van der Waals surface area contributed by atoms with Gasteiger partial charge in [-0.15, -0.1) is 0 Å². The summed E-state index contributed by atoms with van der Waals surface area (Å²) in [4.78, 5) is 18.3. The van der Waals surface area contributed by atoms with Gasteiger partial charge in [-0.05, 0) is 61.8 Å². The standard InChI is InChI=1S/C25H31N3O5S2/c1-6-33-17-9-7-15(8-10-17)21-23(16-13-19(30-2)22(32-4)20(14-16)31-3)35-25(27-21)28-24(29)18(26)11-12-34-5/h7-10,13-14,18H,6,11-12,26H2,1-5H3,(H,27,28,29)/t18-/m0/s1. The van der Waals surface area contributed by atoms with Crippen LogP contribution in [0.25, 0.3) is 21.7 Å². The van der Waals surface area contributed by atoms with Crippen molar-refractivity contribution in [3.8, 4) is 44.7 Å². The van der Waals surface area contributed by atoms with E-state index in [0.717, 1.165) is 27.5 Å². The summed E-state index contributed by atoms with van der Waals surface area (Å²) in [6.07, 6.45) is 2.57. The van der Waals surface area contributed by atoms with Crippen LogP contribution in [0.5, 0.6) is 23.0 Å². The fourth-order valence-electron chi connectivity index (χ4n) is 3.43. The molecule has 1 aromatic heterocycles. The molecule has 0 saturated heterocycles. The maximum absolute atomic E-state index is 12.7. The summed E-state index contributed by atoms with van der Waals surface area (Å²) in [7, 11) is 4.71. The van der Waals surface area contributed by atoms with Gasteiger partial charge in [0.05, 0.1) is 44.5 Å². The molecule has 0 aliphatic heterocycles. The summed E-state index contributed by atoms with van der Waals surface area (Å²) in [6, 6.07) is 10.8. The predicted octanol–water partition coefficient (Wildman–Crippen LogP) is 4.92. The van der Waals surface area contributed by atoms with Crippen molar-refractivity contribution in [3.05, 3.63) is 36.4 Å². The minimum Gasteiger partial charge on any atom is -0.494 e. The third-order valence-corrected chi connectivity index (χ3v) is 6.86. The lowest BCUT2D eigenvalue weighted by molar-refractivity contribution is -0.117. The monoisotopic (exact) mass is 517 g/mol. The lowest BCUT2D eigenvalue weighted by atomic mass is 10.1. The number of hydrogen-bond acceptors (Lipinski definition) is 9. The Kier molecular flexibility index (Phi) is 9.64. The number of nitrogens with one attached hydrogen (secondary N) is 1. The van der Waals surface area contributed by atoms with Crippen LogP contribution in [0, 0.1) is 0 Å². The number of carbonyl (C=O) groups is 1. The van der Waals surface area contributed by atoms with Crippen LogP contribution in [-0.4, -0.2) is 56.9 Å². The van der Waals surface area contributed by atoms with Gasteiger partial charge in [-0.1, -0.05) is 11.3 Å². The molecule has 2 aromatic carbocycles. The second-order valence-corrected chi connectivity index (χ2v) is 9.43. The van der Waals surface area contributed by atoms with Gasteiger partial charge in [0.25, 0.3) is 0 Å². The lowest BCUT2D eigenvalue weighted by Gasteiger charge is -2.14. The van der Waals surface area contributed by atoms with E-state index >= 15 is 0 Å². The van der Waals surface area contributed by atoms with E-state index < -0.39 is 6.04 Å². The summed E-state index contributed by atoms with van der Waals surface area (Å²) in [5.41, 5.74) is 8.46. The molecule has 0 fully saturated rings. The number of nitrogens with two attached hydrogens (primary N) is 1. The number of thioether (sulfide) groups is 1. The Morgan fingerprint density at radius 1 is 1.09 bits per heavy atom. The zero-order valence-corrected chi connectivity index (χ0v) is 22.2. The van der Waals surface area contributed by atoms with Crippen LogP contribution >= 0.6 is 23.1 Å². The SMILES string of the molecule is CCOc1ccc(-c2nc(NC(=O)[C@@H](N)CCSC)sc2-c2cc(OC)c(OC)c(OC)c2)cc1. The third kappa shape index (κ3) is 6.39. The molecular weight excluding hydrogens is 486 g/mol. The number of rotatable bonds is 12. The summed E-state index contributed by atoms with van der Waals surface area (Å²) < 4.78 is 22.1. The minimum absolute atomic E-state index is 0.262. The third-order valence-electron chi connectivity index (χ3n) is 5.19. The number of ether oxygens (including phenoxy) is 4. The normalized spacial score (nSPS) is 11.6. The maximum Gasteiger partial charge on any atom is 0.243 e. The van der Waals surface area contributed by atoms with Gasteiger partial charge < -0.3 is 30.0 Å². The Bertz CT molecular complexity index is 1110. The first-order chi connectivity index (χ1) is 16.9. The average molecular weight is 518 g/mol. The zero-order valence-electron chi connectivity index (χ0n) is 20.5. The van der Waals surface area contributed by atoms with Crippen LogP contribution in [0.4, 0.5) is 5.13 Å². The molecular formula is C25H31N3O5S2. The fourth-order valence-corrected chi connectivity index (χ4v) is 4.89. The molecule has 0 bridgehead atoms. The first-order valence-electron chi connectivity index (χ1n) is 11.0. The molecule has 1 atom stereocenters. The zero-order chi connectivity index (χ0) is 25.4. The molecule has 35 heavy (non-hydrogen) atoms. The number of hydrogen-bond donors (Lipinski definition) is 2. The fraction of sp³-hybridized carbons (Fsp3) is 0.360. The van der Waals surface area contributed by atoms with E-state index in [4.69, 9.17) is 29.7 Å². The molecule has 188 valence electrons. The molecule has 0 radical (unpaired) electrons. The molecule has 0 spiro atoms. The van der Waals surface area contributed by atoms with E-state index in [1.54, 1.807) is 33.1 Å². The Morgan fingerprint density at radius 2 is 1.74 bits per heavy atom. The van der Waals surface area contributed by atoms with Crippen LogP contribution in [0.15, 0.2) is 36.4 Å². The predicted molar refractivity (Wildman–Crippen MR) is 143 cm³/mol. The molecule has 3 rings (SSSR count).